The number of hydrogen-bond donors (Lipinski definition) is 2. The van der Waals surface area contributed by atoms with Crippen molar-refractivity contribution in [2.75, 3.05) is 5.32 Å². The molecule has 1 heterocycles. The smallest absolute Gasteiger partial charge is 0.288 e. The van der Waals surface area contributed by atoms with Crippen molar-refractivity contribution in [2.24, 2.45) is 9.98 Å². The van der Waals surface area contributed by atoms with Crippen LogP contribution in [0.5, 0.6) is 0 Å². The second-order valence-corrected chi connectivity index (χ2v) is 2.70. The molecule has 72 valence electrons. The third-order valence-electron chi connectivity index (χ3n) is 1.67. The summed E-state index contributed by atoms with van der Waals surface area (Å²) in [5.41, 5.74) is 0.848. The molecule has 0 spiro atoms. The molecule has 0 saturated carbocycles. The van der Waals surface area contributed by atoms with E-state index in [0.717, 1.165) is 5.69 Å². The molecule has 1 unspecified atom stereocenters. The molecule has 0 aliphatic carbocycles. The lowest BCUT2D eigenvalue weighted by molar-refractivity contribution is 0.358. The van der Waals surface area contributed by atoms with Crippen LogP contribution in [0.2, 0.25) is 0 Å². The lowest BCUT2D eigenvalue weighted by Crippen LogP contribution is -2.33. The third-order valence-corrected chi connectivity index (χ3v) is 1.67. The van der Waals surface area contributed by atoms with Crippen LogP contribution < -0.4 is 10.6 Å². The highest BCUT2D eigenvalue weighted by Gasteiger charge is 2.07. The second kappa shape index (κ2) is 3.87. The summed E-state index contributed by atoms with van der Waals surface area (Å²) in [5, 5.41) is 5.62. The fraction of sp³-hybridized carbons (Fsp3) is 0.111. The highest BCUT2D eigenvalue weighted by atomic mass is 19.1. The van der Waals surface area contributed by atoms with Crippen LogP contribution in [0.3, 0.4) is 0 Å². The van der Waals surface area contributed by atoms with Crippen molar-refractivity contribution in [1.82, 2.24) is 5.32 Å². The van der Waals surface area contributed by atoms with Gasteiger partial charge in [-0.25, -0.2) is 4.99 Å². The molecule has 1 aliphatic rings. The molecule has 0 aromatic heterocycles. The summed E-state index contributed by atoms with van der Waals surface area (Å²) >= 11 is 0. The van der Waals surface area contributed by atoms with E-state index < -0.39 is 6.42 Å². The highest BCUT2D eigenvalue weighted by molar-refractivity contribution is 6.00. The number of alkyl halides is 1. The summed E-state index contributed by atoms with van der Waals surface area (Å²) in [4.78, 5) is 7.00. The monoisotopic (exact) mass is 192 g/mol. The van der Waals surface area contributed by atoms with Crippen LogP contribution in [0.25, 0.3) is 0 Å². The standard InChI is InChI=1S/C9H9FN4/c10-8-11-6-12-9(14-8)13-7-4-2-1-3-5-7/h1-6,8H,(H2,11,12,13,14). The van der Waals surface area contributed by atoms with Gasteiger partial charge in [-0.2, -0.15) is 9.38 Å². The van der Waals surface area contributed by atoms with Crippen LogP contribution in [0.1, 0.15) is 0 Å². The maximum Gasteiger partial charge on any atom is 0.288 e. The first-order valence-electron chi connectivity index (χ1n) is 4.17. The first-order valence-corrected chi connectivity index (χ1v) is 4.17. The zero-order valence-corrected chi connectivity index (χ0v) is 7.31. The number of aliphatic imine (C=N–C) groups is 2. The maximum atomic E-state index is 12.7. The van der Waals surface area contributed by atoms with E-state index >= 15 is 0 Å². The molecule has 2 rings (SSSR count). The maximum absolute atomic E-state index is 12.7. The molecule has 1 atom stereocenters. The average Bonchev–Trinajstić information content (AvgIpc) is 2.19. The number of nitrogens with zero attached hydrogens (tertiary/aromatic N) is 2. The van der Waals surface area contributed by atoms with Gasteiger partial charge < -0.3 is 10.6 Å². The lowest BCUT2D eigenvalue weighted by Gasteiger charge is -2.12. The van der Waals surface area contributed by atoms with E-state index in [1.54, 1.807) is 0 Å². The number of anilines is 1. The Labute approximate surface area is 80.6 Å². The largest absolute Gasteiger partial charge is 0.326 e. The molecule has 1 aromatic carbocycles. The van der Waals surface area contributed by atoms with Crippen LogP contribution >= 0.6 is 0 Å². The Morgan fingerprint density at radius 3 is 2.79 bits per heavy atom. The molecule has 0 fully saturated rings. The number of halogens is 1. The normalized spacial score (nSPS) is 19.8. The van der Waals surface area contributed by atoms with Crippen LogP contribution in [-0.4, -0.2) is 18.7 Å². The van der Waals surface area contributed by atoms with Crippen molar-refractivity contribution in [3.05, 3.63) is 30.3 Å². The highest BCUT2D eigenvalue weighted by Crippen LogP contribution is 2.06. The topological polar surface area (TPSA) is 48.8 Å². The predicted octanol–water partition coefficient (Wildman–Crippen LogP) is 1.34. The molecular formula is C9H9FN4. The van der Waals surface area contributed by atoms with E-state index in [4.69, 9.17) is 0 Å². The van der Waals surface area contributed by atoms with Gasteiger partial charge in [-0.1, -0.05) is 18.2 Å². The Morgan fingerprint density at radius 1 is 1.29 bits per heavy atom. The molecule has 0 saturated heterocycles. The Kier molecular flexibility index (Phi) is 2.40. The second-order valence-electron chi connectivity index (χ2n) is 2.70. The Hall–Kier alpha value is -1.91. The van der Waals surface area contributed by atoms with Gasteiger partial charge in [0.15, 0.2) is 0 Å². The molecule has 0 radical (unpaired) electrons. The fourth-order valence-corrected chi connectivity index (χ4v) is 1.06. The van der Waals surface area contributed by atoms with Gasteiger partial charge in [0.2, 0.25) is 5.96 Å². The minimum atomic E-state index is -1.51. The van der Waals surface area contributed by atoms with Crippen LogP contribution in [0.15, 0.2) is 40.3 Å². The summed E-state index contributed by atoms with van der Waals surface area (Å²) in [6.07, 6.45) is -0.231. The van der Waals surface area contributed by atoms with Gasteiger partial charge in [0.05, 0.1) is 6.34 Å². The van der Waals surface area contributed by atoms with Gasteiger partial charge in [0.25, 0.3) is 6.42 Å². The molecule has 2 N–H and O–H groups in total. The minimum Gasteiger partial charge on any atom is -0.326 e. The number of nitrogens with one attached hydrogen (secondary N) is 2. The van der Waals surface area contributed by atoms with E-state index in [1.807, 2.05) is 30.3 Å². The van der Waals surface area contributed by atoms with E-state index in [0.29, 0.717) is 5.96 Å². The van der Waals surface area contributed by atoms with E-state index in [1.165, 1.54) is 6.34 Å². The minimum absolute atomic E-state index is 0.360. The van der Waals surface area contributed by atoms with Crippen LogP contribution in [-0.2, 0) is 0 Å². The summed E-state index contributed by atoms with van der Waals surface area (Å²) in [7, 11) is 0. The fourth-order valence-electron chi connectivity index (χ4n) is 1.06. The Bertz CT molecular complexity index is 360. The molecule has 4 nitrogen and oxygen atoms in total. The molecular weight excluding hydrogens is 183 g/mol. The quantitative estimate of drug-likeness (QED) is 0.659. The van der Waals surface area contributed by atoms with Crippen molar-refractivity contribution < 1.29 is 4.39 Å². The van der Waals surface area contributed by atoms with Crippen LogP contribution in [0, 0.1) is 0 Å². The van der Waals surface area contributed by atoms with Gasteiger partial charge >= 0.3 is 0 Å². The van der Waals surface area contributed by atoms with Gasteiger partial charge in [0, 0.05) is 5.69 Å². The van der Waals surface area contributed by atoms with Crippen molar-refractivity contribution in [3.8, 4) is 0 Å². The van der Waals surface area contributed by atoms with Crippen molar-refractivity contribution in [2.45, 2.75) is 6.42 Å². The summed E-state index contributed by atoms with van der Waals surface area (Å²) < 4.78 is 12.7. The molecule has 0 amide bonds. The van der Waals surface area contributed by atoms with Gasteiger partial charge in [0.1, 0.15) is 0 Å². The first kappa shape index (κ1) is 8.68. The van der Waals surface area contributed by atoms with Gasteiger partial charge in [-0.3, -0.25) is 0 Å². The Morgan fingerprint density at radius 2 is 2.07 bits per heavy atom. The van der Waals surface area contributed by atoms with Crippen LogP contribution in [0.4, 0.5) is 10.1 Å². The summed E-state index contributed by atoms with van der Waals surface area (Å²) in [6, 6.07) is 9.40. The third kappa shape index (κ3) is 2.07. The molecule has 1 aliphatic heterocycles. The Balaban J connectivity index is 2.05. The molecule has 0 bridgehead atoms. The summed E-state index contributed by atoms with van der Waals surface area (Å²) in [5.74, 6) is 0.360. The molecule has 14 heavy (non-hydrogen) atoms. The van der Waals surface area contributed by atoms with Gasteiger partial charge in [-0.05, 0) is 12.1 Å². The molecule has 1 aromatic rings. The SMILES string of the molecule is FC1N=CNC(Nc2ccccc2)=N1. The zero-order chi connectivity index (χ0) is 9.80. The number of rotatable bonds is 1. The number of guanidine groups is 1. The average molecular weight is 192 g/mol. The predicted molar refractivity (Wildman–Crippen MR) is 54.0 cm³/mol. The number of hydrogen-bond acceptors (Lipinski definition) is 4. The van der Waals surface area contributed by atoms with E-state index in [2.05, 4.69) is 20.6 Å². The summed E-state index contributed by atoms with van der Waals surface area (Å²) in [6.45, 7) is 0. The number of para-hydroxylation sites is 1. The molecule has 5 heteroatoms. The zero-order valence-electron chi connectivity index (χ0n) is 7.31. The lowest BCUT2D eigenvalue weighted by atomic mass is 10.3. The van der Waals surface area contributed by atoms with Crippen molar-refractivity contribution >= 4 is 18.0 Å². The van der Waals surface area contributed by atoms with Gasteiger partial charge in [-0.15, -0.1) is 0 Å². The van der Waals surface area contributed by atoms with E-state index in [-0.39, 0.29) is 0 Å². The van der Waals surface area contributed by atoms with Crippen molar-refractivity contribution in [3.63, 3.8) is 0 Å². The van der Waals surface area contributed by atoms with Crippen molar-refractivity contribution in [1.29, 1.82) is 0 Å². The number of benzene rings is 1. The first-order chi connectivity index (χ1) is 6.84. The van der Waals surface area contributed by atoms with E-state index in [9.17, 15) is 4.39 Å².